The minimum Gasteiger partial charge on any atom is -0.486 e. The molecule has 0 radical (unpaired) electrons. The van der Waals surface area contributed by atoms with Crippen LogP contribution in [0.3, 0.4) is 0 Å². The average molecular weight is 391 g/mol. The second-order valence-corrected chi connectivity index (χ2v) is 7.75. The number of fused-ring (bicyclic) bond motifs is 1. The molecule has 0 fully saturated rings. The first kappa shape index (κ1) is 19.2. The predicted octanol–water partition coefficient (Wildman–Crippen LogP) is 1.09. The first-order chi connectivity index (χ1) is 12.8. The van der Waals surface area contributed by atoms with E-state index in [1.165, 1.54) is 24.3 Å². The number of nitrogens with two attached hydrogens (primary N) is 1. The summed E-state index contributed by atoms with van der Waals surface area (Å²) in [4.78, 5) is 12.3. The molecule has 0 aromatic heterocycles. The molecular formula is C18H21N3O5S. The van der Waals surface area contributed by atoms with Crippen LogP contribution in [0.1, 0.15) is 6.92 Å². The van der Waals surface area contributed by atoms with Gasteiger partial charge >= 0.3 is 0 Å². The van der Waals surface area contributed by atoms with Crippen LogP contribution < -0.4 is 25.2 Å². The standard InChI is InChI=1S/C18H21N3O5S/c1-12(18(22)21-13-6-8-15(9-7-13)27(19,23)24)20-10-14-11-25-16-4-2-3-5-17(16)26-14/h2-9,12,14,20H,10-11H2,1H3,(H,21,22)(H2,19,23,24)/t12-,14-/m1/s1. The molecule has 1 aliphatic rings. The first-order valence-corrected chi connectivity index (χ1v) is 9.93. The second-order valence-electron chi connectivity index (χ2n) is 6.19. The van der Waals surface area contributed by atoms with Crippen molar-refractivity contribution >= 4 is 21.6 Å². The summed E-state index contributed by atoms with van der Waals surface area (Å²) in [6, 6.07) is 12.6. The van der Waals surface area contributed by atoms with Crippen LogP contribution in [0.4, 0.5) is 5.69 Å². The van der Waals surface area contributed by atoms with E-state index in [0.717, 1.165) is 0 Å². The molecule has 27 heavy (non-hydrogen) atoms. The molecule has 2 atom stereocenters. The van der Waals surface area contributed by atoms with Gasteiger partial charge in [-0.1, -0.05) is 12.1 Å². The zero-order valence-corrected chi connectivity index (χ0v) is 15.5. The molecule has 2 aromatic carbocycles. The molecule has 144 valence electrons. The van der Waals surface area contributed by atoms with Gasteiger partial charge in [0, 0.05) is 12.2 Å². The molecule has 0 spiro atoms. The van der Waals surface area contributed by atoms with E-state index in [0.29, 0.717) is 30.3 Å². The van der Waals surface area contributed by atoms with Gasteiger partial charge in [-0.25, -0.2) is 13.6 Å². The van der Waals surface area contributed by atoms with E-state index >= 15 is 0 Å². The zero-order valence-electron chi connectivity index (χ0n) is 14.7. The monoisotopic (exact) mass is 391 g/mol. The predicted molar refractivity (Wildman–Crippen MR) is 100 cm³/mol. The van der Waals surface area contributed by atoms with Crippen LogP contribution in [0, 0.1) is 0 Å². The smallest absolute Gasteiger partial charge is 0.241 e. The molecule has 0 unspecified atom stereocenters. The van der Waals surface area contributed by atoms with E-state index < -0.39 is 16.1 Å². The minimum absolute atomic E-state index is 0.0126. The van der Waals surface area contributed by atoms with Crippen LogP contribution in [0.5, 0.6) is 11.5 Å². The topological polar surface area (TPSA) is 120 Å². The number of primary sulfonamides is 1. The van der Waals surface area contributed by atoms with E-state index in [-0.39, 0.29) is 16.9 Å². The van der Waals surface area contributed by atoms with E-state index in [1.54, 1.807) is 6.92 Å². The van der Waals surface area contributed by atoms with E-state index in [9.17, 15) is 13.2 Å². The Morgan fingerprint density at radius 2 is 1.85 bits per heavy atom. The third-order valence-electron chi connectivity index (χ3n) is 4.06. The number of sulfonamides is 1. The van der Waals surface area contributed by atoms with Crippen molar-refractivity contribution in [2.45, 2.75) is 24.0 Å². The molecule has 0 bridgehead atoms. The summed E-state index contributed by atoms with van der Waals surface area (Å²) in [6.45, 7) is 2.56. The van der Waals surface area contributed by atoms with Crippen molar-refractivity contribution in [1.29, 1.82) is 0 Å². The molecule has 8 nitrogen and oxygen atoms in total. The van der Waals surface area contributed by atoms with Gasteiger partial charge in [0.05, 0.1) is 10.9 Å². The molecule has 1 amide bonds. The second kappa shape index (κ2) is 7.95. The van der Waals surface area contributed by atoms with E-state index in [4.69, 9.17) is 14.6 Å². The van der Waals surface area contributed by atoms with E-state index in [2.05, 4.69) is 10.6 Å². The summed E-state index contributed by atoms with van der Waals surface area (Å²) in [5.41, 5.74) is 0.479. The summed E-state index contributed by atoms with van der Waals surface area (Å²) >= 11 is 0. The number of para-hydroxylation sites is 2. The number of nitrogens with one attached hydrogen (secondary N) is 2. The maximum atomic E-state index is 12.3. The number of rotatable bonds is 6. The highest BCUT2D eigenvalue weighted by Gasteiger charge is 2.22. The van der Waals surface area contributed by atoms with Gasteiger partial charge in [-0.2, -0.15) is 0 Å². The Hall–Kier alpha value is -2.62. The van der Waals surface area contributed by atoms with Gasteiger partial charge in [0.25, 0.3) is 0 Å². The highest BCUT2D eigenvalue weighted by Crippen LogP contribution is 2.30. The molecule has 2 aromatic rings. The number of anilines is 1. The molecule has 9 heteroatoms. The molecule has 0 aliphatic carbocycles. The lowest BCUT2D eigenvalue weighted by atomic mass is 10.2. The maximum absolute atomic E-state index is 12.3. The Morgan fingerprint density at radius 3 is 2.52 bits per heavy atom. The van der Waals surface area contributed by atoms with Crippen LogP contribution >= 0.6 is 0 Å². The minimum atomic E-state index is -3.76. The van der Waals surface area contributed by atoms with Gasteiger partial charge in [-0.3, -0.25) is 4.79 Å². The van der Waals surface area contributed by atoms with Crippen molar-refractivity contribution in [2.24, 2.45) is 5.14 Å². The number of ether oxygens (including phenoxy) is 2. The highest BCUT2D eigenvalue weighted by atomic mass is 32.2. The molecule has 1 aliphatic heterocycles. The molecule has 0 saturated carbocycles. The van der Waals surface area contributed by atoms with Crippen LogP contribution in [0.2, 0.25) is 0 Å². The fourth-order valence-electron chi connectivity index (χ4n) is 2.54. The Morgan fingerprint density at radius 1 is 1.19 bits per heavy atom. The lowest BCUT2D eigenvalue weighted by molar-refractivity contribution is -0.117. The summed E-state index contributed by atoms with van der Waals surface area (Å²) in [5.74, 6) is 1.14. The van der Waals surface area contributed by atoms with Crippen molar-refractivity contribution < 1.29 is 22.7 Å². The van der Waals surface area contributed by atoms with Crippen LogP contribution in [0.15, 0.2) is 53.4 Å². The van der Waals surface area contributed by atoms with Gasteiger partial charge in [-0.05, 0) is 43.3 Å². The van der Waals surface area contributed by atoms with Crippen molar-refractivity contribution in [3.63, 3.8) is 0 Å². The number of hydrogen-bond acceptors (Lipinski definition) is 6. The van der Waals surface area contributed by atoms with E-state index in [1.807, 2.05) is 24.3 Å². The van der Waals surface area contributed by atoms with Gasteiger partial charge in [0.15, 0.2) is 11.5 Å². The molecule has 4 N–H and O–H groups in total. The molecule has 0 saturated heterocycles. The maximum Gasteiger partial charge on any atom is 0.241 e. The number of benzene rings is 2. The van der Waals surface area contributed by atoms with Gasteiger partial charge in [0.2, 0.25) is 15.9 Å². The largest absolute Gasteiger partial charge is 0.486 e. The third-order valence-corrected chi connectivity index (χ3v) is 4.99. The lowest BCUT2D eigenvalue weighted by Crippen LogP contribution is -2.45. The molecule has 3 rings (SSSR count). The van der Waals surface area contributed by atoms with Crippen LogP contribution in [0.25, 0.3) is 0 Å². The quantitative estimate of drug-likeness (QED) is 0.678. The van der Waals surface area contributed by atoms with Crippen molar-refractivity contribution in [3.05, 3.63) is 48.5 Å². The number of hydrogen-bond donors (Lipinski definition) is 3. The summed E-state index contributed by atoms with van der Waals surface area (Å²) in [7, 11) is -3.76. The van der Waals surface area contributed by atoms with Gasteiger partial charge < -0.3 is 20.1 Å². The van der Waals surface area contributed by atoms with Crippen molar-refractivity contribution in [1.82, 2.24) is 5.32 Å². The van der Waals surface area contributed by atoms with Gasteiger partial charge in [-0.15, -0.1) is 0 Å². The number of amides is 1. The normalized spacial score (nSPS) is 17.2. The fourth-order valence-corrected chi connectivity index (χ4v) is 3.06. The Balaban J connectivity index is 1.50. The fraction of sp³-hybridized carbons (Fsp3) is 0.278. The third kappa shape index (κ3) is 4.97. The first-order valence-electron chi connectivity index (χ1n) is 8.38. The Labute approximate surface area is 157 Å². The summed E-state index contributed by atoms with van der Waals surface area (Å²) in [6.07, 6.45) is -0.204. The summed E-state index contributed by atoms with van der Waals surface area (Å²) in [5, 5.41) is 10.9. The Kier molecular flexibility index (Phi) is 5.64. The number of carbonyl (C=O) groups is 1. The zero-order chi connectivity index (χ0) is 19.4. The molecule has 1 heterocycles. The highest BCUT2D eigenvalue weighted by molar-refractivity contribution is 7.89. The van der Waals surface area contributed by atoms with Crippen molar-refractivity contribution in [2.75, 3.05) is 18.5 Å². The lowest BCUT2D eigenvalue weighted by Gasteiger charge is -2.27. The SMILES string of the molecule is C[C@@H](NC[C@@H]1COc2ccccc2O1)C(=O)Nc1ccc(S(N)(=O)=O)cc1. The Bertz CT molecular complexity index is 915. The van der Waals surface area contributed by atoms with Crippen LogP contribution in [-0.2, 0) is 14.8 Å². The number of carbonyl (C=O) groups excluding carboxylic acids is 1. The van der Waals surface area contributed by atoms with Gasteiger partial charge in [0.1, 0.15) is 12.7 Å². The molecular weight excluding hydrogens is 370 g/mol. The van der Waals surface area contributed by atoms with Crippen LogP contribution in [-0.4, -0.2) is 39.6 Å². The summed E-state index contributed by atoms with van der Waals surface area (Å²) < 4.78 is 34.0. The average Bonchev–Trinajstić information content (AvgIpc) is 2.65. The van der Waals surface area contributed by atoms with Crippen molar-refractivity contribution in [3.8, 4) is 11.5 Å².